The number of thiazole rings is 1. The number of anilines is 1. The molecule has 1 N–H and O–H groups in total. The third kappa shape index (κ3) is 4.29. The largest absolute Gasteiger partial charge is 0.379 e. The van der Waals surface area contributed by atoms with E-state index in [0.717, 1.165) is 50.2 Å². The van der Waals surface area contributed by atoms with Crippen molar-refractivity contribution in [3.63, 3.8) is 0 Å². The lowest BCUT2D eigenvalue weighted by Gasteiger charge is -2.25. The minimum atomic E-state index is 0.858. The van der Waals surface area contributed by atoms with Gasteiger partial charge in [-0.2, -0.15) is 0 Å². The number of morpholine rings is 1. The summed E-state index contributed by atoms with van der Waals surface area (Å²) < 4.78 is 5.40. The van der Waals surface area contributed by atoms with E-state index in [2.05, 4.69) is 34.7 Å². The van der Waals surface area contributed by atoms with Crippen LogP contribution in [0.5, 0.6) is 0 Å². The fraction of sp³-hybridized carbons (Fsp3) is 0.562. The van der Waals surface area contributed by atoms with Crippen molar-refractivity contribution in [2.45, 2.75) is 26.3 Å². The molecule has 0 saturated carbocycles. The van der Waals surface area contributed by atoms with Gasteiger partial charge in [0.15, 0.2) is 5.13 Å². The van der Waals surface area contributed by atoms with Crippen LogP contribution in [0.25, 0.3) is 10.6 Å². The van der Waals surface area contributed by atoms with Crippen molar-refractivity contribution >= 4 is 27.8 Å². The minimum absolute atomic E-state index is 0.858. The molecule has 6 heteroatoms. The molecule has 0 unspecified atom stereocenters. The summed E-state index contributed by atoms with van der Waals surface area (Å²) in [7, 11) is 0. The summed E-state index contributed by atoms with van der Waals surface area (Å²) in [4.78, 5) is 9.83. The predicted molar refractivity (Wildman–Crippen MR) is 94.9 cm³/mol. The summed E-state index contributed by atoms with van der Waals surface area (Å²) in [6.07, 6.45) is 2.40. The van der Waals surface area contributed by atoms with Gasteiger partial charge in [0.2, 0.25) is 0 Å². The summed E-state index contributed by atoms with van der Waals surface area (Å²) in [5.74, 6) is 0. The predicted octanol–water partition coefficient (Wildman–Crippen LogP) is 3.92. The molecule has 2 aromatic rings. The van der Waals surface area contributed by atoms with Gasteiger partial charge in [-0.3, -0.25) is 4.90 Å². The monoisotopic (exact) mass is 337 g/mol. The first-order chi connectivity index (χ1) is 10.8. The van der Waals surface area contributed by atoms with Gasteiger partial charge < -0.3 is 10.1 Å². The Labute approximate surface area is 140 Å². The average molecular weight is 338 g/mol. The van der Waals surface area contributed by atoms with Crippen LogP contribution in [-0.4, -0.2) is 42.7 Å². The van der Waals surface area contributed by atoms with E-state index in [-0.39, 0.29) is 0 Å². The molecule has 3 heterocycles. The van der Waals surface area contributed by atoms with Gasteiger partial charge in [0.1, 0.15) is 0 Å². The van der Waals surface area contributed by atoms with Crippen molar-refractivity contribution < 1.29 is 4.74 Å². The Balaban J connectivity index is 1.58. The van der Waals surface area contributed by atoms with Crippen molar-refractivity contribution in [3.8, 4) is 10.6 Å². The van der Waals surface area contributed by atoms with E-state index in [1.54, 1.807) is 11.3 Å². The highest BCUT2D eigenvalue weighted by atomic mass is 32.1. The normalized spacial score (nSPS) is 16.0. The Morgan fingerprint density at radius 3 is 3.00 bits per heavy atom. The fourth-order valence-corrected chi connectivity index (χ4v) is 4.25. The molecule has 3 rings (SSSR count). The summed E-state index contributed by atoms with van der Waals surface area (Å²) in [6.45, 7) is 8.03. The van der Waals surface area contributed by atoms with Crippen molar-refractivity contribution in [2.24, 2.45) is 0 Å². The fourth-order valence-electron chi connectivity index (χ4n) is 2.42. The molecule has 1 saturated heterocycles. The number of unbranched alkanes of at least 4 members (excludes halogenated alkanes) is 1. The molecule has 0 atom stereocenters. The maximum absolute atomic E-state index is 5.40. The van der Waals surface area contributed by atoms with Crippen LogP contribution in [0.1, 0.15) is 24.6 Å². The highest BCUT2D eigenvalue weighted by molar-refractivity contribution is 7.17. The van der Waals surface area contributed by atoms with Crippen LogP contribution in [0, 0.1) is 0 Å². The molecule has 1 aliphatic rings. The number of nitrogens with zero attached hydrogens (tertiary/aromatic N) is 2. The topological polar surface area (TPSA) is 37.4 Å². The molecule has 1 fully saturated rings. The first-order valence-electron chi connectivity index (χ1n) is 7.93. The number of nitrogens with one attached hydrogen (secondary N) is 1. The molecule has 4 nitrogen and oxygen atoms in total. The first kappa shape index (κ1) is 15.9. The van der Waals surface area contributed by atoms with Gasteiger partial charge in [0, 0.05) is 36.4 Å². The maximum atomic E-state index is 5.40. The second kappa shape index (κ2) is 8.06. The van der Waals surface area contributed by atoms with E-state index < -0.39 is 0 Å². The van der Waals surface area contributed by atoms with Gasteiger partial charge in [-0.05, 0) is 18.6 Å². The Hall–Kier alpha value is -0.950. The Kier molecular flexibility index (Phi) is 5.83. The molecular weight excluding hydrogens is 314 g/mol. The highest BCUT2D eigenvalue weighted by Crippen LogP contribution is 2.31. The smallest absolute Gasteiger partial charge is 0.183 e. The van der Waals surface area contributed by atoms with Crippen molar-refractivity contribution in [1.82, 2.24) is 9.88 Å². The SMILES string of the molecule is CCCCNc1nc(-c2ccc(CN3CCOCC3)s2)cs1. The third-order valence-corrected chi connectivity index (χ3v) is 5.60. The zero-order valence-electron chi connectivity index (χ0n) is 13.0. The van der Waals surface area contributed by atoms with Crippen molar-refractivity contribution in [2.75, 3.05) is 38.2 Å². The minimum Gasteiger partial charge on any atom is -0.379 e. The summed E-state index contributed by atoms with van der Waals surface area (Å²) in [6, 6.07) is 4.43. The third-order valence-electron chi connectivity index (χ3n) is 3.71. The Morgan fingerprint density at radius 1 is 1.32 bits per heavy atom. The van der Waals surface area contributed by atoms with Gasteiger partial charge in [-0.15, -0.1) is 22.7 Å². The molecule has 0 aromatic carbocycles. The molecule has 120 valence electrons. The Morgan fingerprint density at radius 2 is 2.18 bits per heavy atom. The lowest BCUT2D eigenvalue weighted by molar-refractivity contribution is 0.0346. The molecule has 0 spiro atoms. The van der Waals surface area contributed by atoms with E-state index in [1.807, 2.05) is 11.3 Å². The molecular formula is C16H23N3OS2. The van der Waals surface area contributed by atoms with E-state index >= 15 is 0 Å². The van der Waals surface area contributed by atoms with Crippen molar-refractivity contribution in [1.29, 1.82) is 0 Å². The van der Waals surface area contributed by atoms with E-state index in [1.165, 1.54) is 22.6 Å². The molecule has 0 bridgehead atoms. The van der Waals surface area contributed by atoms with Crippen LogP contribution in [-0.2, 0) is 11.3 Å². The summed E-state index contributed by atoms with van der Waals surface area (Å²) in [5.41, 5.74) is 1.10. The molecule has 22 heavy (non-hydrogen) atoms. The van der Waals surface area contributed by atoms with Crippen LogP contribution in [0.15, 0.2) is 17.5 Å². The molecule has 2 aromatic heterocycles. The summed E-state index contributed by atoms with van der Waals surface area (Å²) >= 11 is 3.55. The second-order valence-electron chi connectivity index (χ2n) is 5.47. The van der Waals surface area contributed by atoms with E-state index in [4.69, 9.17) is 9.72 Å². The van der Waals surface area contributed by atoms with Gasteiger partial charge >= 0.3 is 0 Å². The Bertz CT molecular complexity index is 575. The van der Waals surface area contributed by atoms with Gasteiger partial charge in [0.05, 0.1) is 23.8 Å². The number of rotatable bonds is 7. The zero-order chi connectivity index (χ0) is 15.2. The lowest BCUT2D eigenvalue weighted by atomic mass is 10.3. The first-order valence-corrected chi connectivity index (χ1v) is 9.63. The molecule has 1 aliphatic heterocycles. The highest BCUT2D eigenvalue weighted by Gasteiger charge is 2.13. The van der Waals surface area contributed by atoms with Crippen LogP contribution < -0.4 is 5.32 Å². The van der Waals surface area contributed by atoms with Crippen molar-refractivity contribution in [3.05, 3.63) is 22.4 Å². The van der Waals surface area contributed by atoms with Crippen LogP contribution >= 0.6 is 22.7 Å². The maximum Gasteiger partial charge on any atom is 0.183 e. The lowest BCUT2D eigenvalue weighted by Crippen LogP contribution is -2.35. The number of aromatic nitrogens is 1. The van der Waals surface area contributed by atoms with Crippen LogP contribution in [0.3, 0.4) is 0 Å². The van der Waals surface area contributed by atoms with Crippen LogP contribution in [0.2, 0.25) is 0 Å². The number of ether oxygens (including phenoxy) is 1. The summed E-state index contributed by atoms with van der Waals surface area (Å²) in [5, 5.41) is 6.58. The number of hydrogen-bond acceptors (Lipinski definition) is 6. The zero-order valence-corrected chi connectivity index (χ0v) is 14.6. The molecule has 0 aliphatic carbocycles. The van der Waals surface area contributed by atoms with Gasteiger partial charge in [-0.1, -0.05) is 13.3 Å². The molecule has 0 radical (unpaired) electrons. The standard InChI is InChI=1S/C16H23N3OS2/c1-2-3-6-17-16-18-14(12-21-16)15-5-4-13(22-15)11-19-7-9-20-10-8-19/h4-5,12H,2-3,6-11H2,1H3,(H,17,18). The molecule has 0 amide bonds. The van der Waals surface area contributed by atoms with Crippen LogP contribution in [0.4, 0.5) is 5.13 Å². The van der Waals surface area contributed by atoms with Gasteiger partial charge in [0.25, 0.3) is 0 Å². The van der Waals surface area contributed by atoms with E-state index in [9.17, 15) is 0 Å². The quantitative estimate of drug-likeness (QED) is 0.777. The number of thiophene rings is 1. The second-order valence-corrected chi connectivity index (χ2v) is 7.50. The van der Waals surface area contributed by atoms with Gasteiger partial charge in [-0.25, -0.2) is 4.98 Å². The average Bonchev–Trinajstić information content (AvgIpc) is 3.18. The van der Waals surface area contributed by atoms with E-state index in [0.29, 0.717) is 0 Å². The number of hydrogen-bond donors (Lipinski definition) is 1.